The van der Waals surface area contributed by atoms with Gasteiger partial charge in [-0.25, -0.2) is 4.79 Å². The molecule has 2 heterocycles. The number of carbonyl (C=O) groups is 1. The average molecular weight is 617 g/mol. The van der Waals surface area contributed by atoms with E-state index in [1.54, 1.807) is 7.05 Å². The van der Waals surface area contributed by atoms with Gasteiger partial charge in [0.15, 0.2) is 5.96 Å². The summed E-state index contributed by atoms with van der Waals surface area (Å²) >= 11 is 0. The SMILES string of the molecule is CN=C1NCC#C[C@@H]2C[C@@H](C)[C@@]34C[C@](O)(CO[C@@H]5CCC[C@@H]6C=CC=C[C@H]65)C(C(=O)O)=C3C[C@@H]2[C@@]42CN1C=C[C@@H]2CNCCO. The van der Waals surface area contributed by atoms with Gasteiger partial charge in [-0.1, -0.05) is 55.6 Å². The van der Waals surface area contributed by atoms with Crippen molar-refractivity contribution in [1.82, 2.24) is 15.5 Å². The van der Waals surface area contributed by atoms with Crippen LogP contribution in [0.5, 0.6) is 0 Å². The number of rotatable bonds is 8. The van der Waals surface area contributed by atoms with Gasteiger partial charge < -0.3 is 35.6 Å². The van der Waals surface area contributed by atoms with Crippen LogP contribution in [0.15, 0.2) is 52.7 Å². The van der Waals surface area contributed by atoms with Crippen LogP contribution >= 0.6 is 0 Å². The second-order valence-electron chi connectivity index (χ2n) is 14.4. The molecule has 5 N–H and O–H groups in total. The van der Waals surface area contributed by atoms with E-state index in [0.29, 0.717) is 44.9 Å². The van der Waals surface area contributed by atoms with Gasteiger partial charge in [-0.15, -0.1) is 0 Å². The Hall–Kier alpha value is -2.90. The molecule has 0 unspecified atom stereocenters. The van der Waals surface area contributed by atoms with Crippen molar-refractivity contribution < 1.29 is 24.9 Å². The predicted molar refractivity (Wildman–Crippen MR) is 172 cm³/mol. The van der Waals surface area contributed by atoms with Crippen LogP contribution in [0.4, 0.5) is 0 Å². The third kappa shape index (κ3) is 4.58. The van der Waals surface area contributed by atoms with Crippen LogP contribution in [0, 0.1) is 58.2 Å². The summed E-state index contributed by atoms with van der Waals surface area (Å²) in [5, 5.41) is 40.0. The molecule has 7 aliphatic rings. The molecule has 5 bridgehead atoms. The number of allylic oxidation sites excluding steroid dienone is 4. The Morgan fingerprint density at radius 3 is 2.91 bits per heavy atom. The topological polar surface area (TPSA) is 127 Å². The molecule has 2 aliphatic heterocycles. The predicted octanol–water partition coefficient (Wildman–Crippen LogP) is 2.70. The van der Waals surface area contributed by atoms with E-state index < -0.39 is 22.4 Å². The van der Waals surface area contributed by atoms with Crippen LogP contribution in [0.25, 0.3) is 0 Å². The van der Waals surface area contributed by atoms with E-state index in [-0.39, 0.29) is 54.5 Å². The molecule has 9 heteroatoms. The van der Waals surface area contributed by atoms with Gasteiger partial charge in [0.25, 0.3) is 0 Å². The number of aliphatic hydroxyl groups excluding tert-OH is 1. The van der Waals surface area contributed by atoms with E-state index >= 15 is 0 Å². The Morgan fingerprint density at radius 2 is 2.11 bits per heavy atom. The summed E-state index contributed by atoms with van der Waals surface area (Å²) in [5.74, 6) is 7.76. The molecule has 0 amide bonds. The van der Waals surface area contributed by atoms with Crippen molar-refractivity contribution in [2.45, 2.75) is 57.2 Å². The Bertz CT molecular complexity index is 1420. The molecular weight excluding hydrogens is 568 g/mol. The number of guanidine groups is 1. The molecule has 242 valence electrons. The van der Waals surface area contributed by atoms with Gasteiger partial charge in [0.1, 0.15) is 5.60 Å². The fourth-order valence-electron chi connectivity index (χ4n) is 11.0. The zero-order valence-electron chi connectivity index (χ0n) is 26.5. The lowest BCUT2D eigenvalue weighted by Crippen LogP contribution is -2.64. The fourth-order valence-corrected chi connectivity index (χ4v) is 11.0. The molecule has 2 spiro atoms. The largest absolute Gasteiger partial charge is 0.478 e. The highest BCUT2D eigenvalue weighted by Gasteiger charge is 2.76. The van der Waals surface area contributed by atoms with Crippen LogP contribution in [-0.2, 0) is 9.53 Å². The van der Waals surface area contributed by atoms with E-state index in [1.165, 1.54) is 0 Å². The van der Waals surface area contributed by atoms with Crippen LogP contribution in [-0.4, -0.2) is 90.3 Å². The standard InChI is InChI=1S/C36H48N4O5/c1-23-17-25-9-6-13-39-33(37-2)40-15-12-26(19-38-14-16-41)36(21-40)28(25)18-29-31(32(42)43)34(44,20-35(23,29)36)22-45-30-11-5-8-24-7-3-4-10-27(24)30/h3-4,7,10,12,15,23-28,30,38,41,44H,5,8,11,13-14,16-22H2,1-2H3,(H,37,39)(H,42,43)/t23-,24+,25-,26-,27-,28+,30-,34+,35+,36+/m1/s1. The molecule has 0 aromatic carbocycles. The van der Waals surface area contributed by atoms with Gasteiger partial charge in [-0.2, -0.15) is 0 Å². The minimum absolute atomic E-state index is 0.0156. The van der Waals surface area contributed by atoms with Crippen molar-refractivity contribution in [2.75, 3.05) is 46.4 Å². The summed E-state index contributed by atoms with van der Waals surface area (Å²) in [5.41, 5.74) is -1.49. The maximum absolute atomic E-state index is 13.3. The second kappa shape index (κ2) is 11.7. The van der Waals surface area contributed by atoms with Crippen LogP contribution in [0.3, 0.4) is 0 Å². The van der Waals surface area contributed by atoms with Crippen molar-refractivity contribution in [3.63, 3.8) is 0 Å². The Kier molecular flexibility index (Phi) is 8.00. The van der Waals surface area contributed by atoms with Crippen LogP contribution in [0.2, 0.25) is 0 Å². The molecule has 5 aliphatic carbocycles. The van der Waals surface area contributed by atoms with Gasteiger partial charge in [-0.05, 0) is 61.3 Å². The quantitative estimate of drug-likeness (QED) is 0.208. The molecule has 0 saturated heterocycles. The Morgan fingerprint density at radius 1 is 1.27 bits per heavy atom. The van der Waals surface area contributed by atoms with E-state index in [0.717, 1.165) is 37.2 Å². The maximum atomic E-state index is 13.3. The molecule has 7 rings (SSSR count). The summed E-state index contributed by atoms with van der Waals surface area (Å²) in [6.07, 6.45) is 17.9. The van der Waals surface area contributed by atoms with Crippen LogP contribution in [0.1, 0.15) is 45.4 Å². The highest BCUT2D eigenvalue weighted by molar-refractivity contribution is 5.92. The zero-order chi connectivity index (χ0) is 31.4. The van der Waals surface area contributed by atoms with Crippen molar-refractivity contribution >= 4 is 11.9 Å². The van der Waals surface area contributed by atoms with E-state index in [2.05, 4.69) is 75.9 Å². The molecule has 9 nitrogen and oxygen atoms in total. The first-order valence-electron chi connectivity index (χ1n) is 16.9. The number of nitrogens with zero attached hydrogens (tertiary/aromatic N) is 2. The normalized spacial score (nSPS) is 43.4. The summed E-state index contributed by atoms with van der Waals surface area (Å²) in [4.78, 5) is 20.1. The van der Waals surface area contributed by atoms with Gasteiger partial charge >= 0.3 is 5.97 Å². The number of hydrogen-bond donors (Lipinski definition) is 5. The smallest absolute Gasteiger partial charge is 0.334 e. The van der Waals surface area contributed by atoms with Crippen LogP contribution < -0.4 is 10.6 Å². The lowest BCUT2D eigenvalue weighted by Gasteiger charge is -2.62. The third-order valence-electron chi connectivity index (χ3n) is 12.6. The van der Waals surface area contributed by atoms with E-state index in [1.807, 2.05) is 0 Å². The van der Waals surface area contributed by atoms with Crippen molar-refractivity contribution in [2.24, 2.45) is 51.3 Å². The molecule has 45 heavy (non-hydrogen) atoms. The number of fused-ring (bicyclic) bond motifs is 2. The third-order valence-corrected chi connectivity index (χ3v) is 12.6. The van der Waals surface area contributed by atoms with Gasteiger partial charge in [0.2, 0.25) is 0 Å². The van der Waals surface area contributed by atoms with E-state index in [4.69, 9.17) is 4.74 Å². The molecule has 3 saturated carbocycles. The first-order valence-corrected chi connectivity index (χ1v) is 16.9. The van der Waals surface area contributed by atoms with Gasteiger partial charge in [0, 0.05) is 55.5 Å². The van der Waals surface area contributed by atoms with Crippen molar-refractivity contribution in [3.8, 4) is 11.8 Å². The molecule has 0 aromatic rings. The van der Waals surface area contributed by atoms with Crippen molar-refractivity contribution in [3.05, 3.63) is 47.7 Å². The Balaban J connectivity index is 1.33. The molecule has 3 fully saturated rings. The second-order valence-corrected chi connectivity index (χ2v) is 14.4. The summed E-state index contributed by atoms with van der Waals surface area (Å²) in [6.45, 7) is 4.58. The molecule has 10 atom stereocenters. The fraction of sp³-hybridized carbons (Fsp3) is 0.667. The van der Waals surface area contributed by atoms with Gasteiger partial charge in [0.05, 0.1) is 31.4 Å². The maximum Gasteiger partial charge on any atom is 0.334 e. The summed E-state index contributed by atoms with van der Waals surface area (Å²) < 4.78 is 6.63. The number of ether oxygens (including phenoxy) is 1. The zero-order valence-corrected chi connectivity index (χ0v) is 26.5. The van der Waals surface area contributed by atoms with Gasteiger partial charge in [-0.3, -0.25) is 4.99 Å². The number of nitrogens with one attached hydrogen (secondary N) is 2. The summed E-state index contributed by atoms with van der Waals surface area (Å²) in [7, 11) is 1.78. The lowest BCUT2D eigenvalue weighted by molar-refractivity contribution is -0.147. The lowest BCUT2D eigenvalue weighted by atomic mass is 9.44. The molecular formula is C36H48N4O5. The highest BCUT2D eigenvalue weighted by Crippen LogP contribution is 2.78. The number of carboxylic acids is 1. The minimum atomic E-state index is -1.60. The number of aliphatic imine (C=N–C) groups is 1. The molecule has 0 aromatic heterocycles. The van der Waals surface area contributed by atoms with E-state index in [9.17, 15) is 20.1 Å². The number of carboxylic acid groups (broad SMARTS) is 1. The minimum Gasteiger partial charge on any atom is -0.478 e. The highest BCUT2D eigenvalue weighted by atomic mass is 16.5. The average Bonchev–Trinajstić information content (AvgIpc) is 3.41. The number of aliphatic hydroxyl groups is 2. The summed E-state index contributed by atoms with van der Waals surface area (Å²) in [6, 6.07) is 0. The Labute approximate surface area is 266 Å². The monoisotopic (exact) mass is 616 g/mol. The first kappa shape index (κ1) is 30.7. The number of aliphatic carboxylic acids is 1. The molecule has 0 radical (unpaired) electrons. The number of hydrogen-bond acceptors (Lipinski definition) is 6. The first-order chi connectivity index (χ1) is 21.8. The van der Waals surface area contributed by atoms with Crippen molar-refractivity contribution in [1.29, 1.82) is 0 Å².